The van der Waals surface area contributed by atoms with Crippen LogP contribution in [0.3, 0.4) is 0 Å². The van der Waals surface area contributed by atoms with Gasteiger partial charge >= 0.3 is 0 Å². The second-order valence-corrected chi connectivity index (χ2v) is 5.17. The van der Waals surface area contributed by atoms with Crippen LogP contribution < -0.4 is 5.32 Å². The summed E-state index contributed by atoms with van der Waals surface area (Å²) in [5, 5.41) is 15.4. The minimum atomic E-state index is 0.709. The fourth-order valence-electron chi connectivity index (χ4n) is 2.07. The van der Waals surface area contributed by atoms with E-state index < -0.39 is 0 Å². The normalized spacial score (nSPS) is 10.6. The monoisotopic (exact) mass is 299 g/mol. The minimum Gasteiger partial charge on any atom is -0.381 e. The molecular formula is C15H14ClN5. The largest absolute Gasteiger partial charge is 0.381 e. The number of rotatable bonds is 4. The van der Waals surface area contributed by atoms with Crippen molar-refractivity contribution in [3.63, 3.8) is 0 Å². The fraction of sp³-hybridized carbons (Fsp3) is 0.133. The van der Waals surface area contributed by atoms with Gasteiger partial charge in [0.2, 0.25) is 0 Å². The van der Waals surface area contributed by atoms with Crippen molar-refractivity contribution < 1.29 is 0 Å². The highest BCUT2D eigenvalue weighted by Gasteiger charge is 2.03. The summed E-state index contributed by atoms with van der Waals surface area (Å²) in [6.45, 7) is 2.77. The average molecular weight is 300 g/mol. The molecule has 0 saturated carbocycles. The number of halogens is 1. The molecule has 21 heavy (non-hydrogen) atoms. The van der Waals surface area contributed by atoms with Crippen molar-refractivity contribution in [1.82, 2.24) is 20.2 Å². The number of hydrogen-bond acceptors (Lipinski definition) is 4. The Kier molecular flexibility index (Phi) is 3.83. The maximum atomic E-state index is 6.00. The summed E-state index contributed by atoms with van der Waals surface area (Å²) in [6.07, 6.45) is 1.57. The van der Waals surface area contributed by atoms with Crippen molar-refractivity contribution in [3.8, 4) is 5.69 Å². The predicted octanol–water partition coefficient (Wildman–Crippen LogP) is 3.24. The van der Waals surface area contributed by atoms with Gasteiger partial charge < -0.3 is 5.32 Å². The van der Waals surface area contributed by atoms with Crippen molar-refractivity contribution in [2.24, 2.45) is 0 Å². The third-order valence-electron chi connectivity index (χ3n) is 3.21. The fourth-order valence-corrected chi connectivity index (χ4v) is 2.28. The number of nitrogens with one attached hydrogen (secondary N) is 1. The van der Waals surface area contributed by atoms with Gasteiger partial charge in [-0.2, -0.15) is 0 Å². The molecule has 0 bridgehead atoms. The maximum Gasteiger partial charge on any atom is 0.143 e. The Balaban J connectivity index is 1.80. The van der Waals surface area contributed by atoms with Crippen molar-refractivity contribution in [2.45, 2.75) is 13.5 Å². The van der Waals surface area contributed by atoms with E-state index in [0.29, 0.717) is 6.54 Å². The van der Waals surface area contributed by atoms with Crippen LogP contribution >= 0.6 is 11.6 Å². The van der Waals surface area contributed by atoms with Crippen LogP contribution in [-0.2, 0) is 6.54 Å². The van der Waals surface area contributed by atoms with Crippen LogP contribution in [0.15, 0.2) is 48.8 Å². The molecule has 0 spiro atoms. The maximum absolute atomic E-state index is 6.00. The Morgan fingerprint density at radius 3 is 2.86 bits per heavy atom. The number of nitrogens with zero attached hydrogens (tertiary/aromatic N) is 4. The lowest BCUT2D eigenvalue weighted by atomic mass is 10.1. The smallest absolute Gasteiger partial charge is 0.143 e. The lowest BCUT2D eigenvalue weighted by molar-refractivity contribution is 0.789. The highest BCUT2D eigenvalue weighted by Crippen LogP contribution is 2.20. The van der Waals surface area contributed by atoms with Gasteiger partial charge in [-0.05, 0) is 52.7 Å². The molecule has 0 amide bonds. The van der Waals surface area contributed by atoms with Gasteiger partial charge in [-0.25, -0.2) is 4.68 Å². The molecule has 6 heteroatoms. The van der Waals surface area contributed by atoms with Crippen molar-refractivity contribution >= 4 is 17.3 Å². The molecule has 0 radical (unpaired) electrons. The van der Waals surface area contributed by atoms with Gasteiger partial charge in [-0.3, -0.25) is 0 Å². The standard InChI is InChI=1S/C15H14ClN5/c1-11-5-6-14(21-10-18-19-20-21)8-15(11)17-9-12-3-2-4-13(16)7-12/h2-8,10,17H,9H2,1H3. The molecule has 3 aromatic rings. The van der Waals surface area contributed by atoms with Crippen LogP contribution in [-0.4, -0.2) is 20.2 Å². The zero-order valence-corrected chi connectivity index (χ0v) is 12.2. The Bertz CT molecular complexity index is 740. The van der Waals surface area contributed by atoms with Crippen LogP contribution in [0, 0.1) is 6.92 Å². The molecule has 0 atom stereocenters. The van der Waals surface area contributed by atoms with E-state index in [0.717, 1.165) is 27.5 Å². The zero-order valence-electron chi connectivity index (χ0n) is 11.5. The summed E-state index contributed by atoms with van der Waals surface area (Å²) >= 11 is 6.00. The first-order valence-corrected chi connectivity index (χ1v) is 6.92. The summed E-state index contributed by atoms with van der Waals surface area (Å²) in [4.78, 5) is 0. The number of tetrazole rings is 1. The zero-order chi connectivity index (χ0) is 14.7. The molecule has 0 saturated heterocycles. The van der Waals surface area contributed by atoms with Gasteiger partial charge in [0, 0.05) is 17.3 Å². The SMILES string of the molecule is Cc1ccc(-n2cnnn2)cc1NCc1cccc(Cl)c1. The molecule has 5 nitrogen and oxygen atoms in total. The first-order chi connectivity index (χ1) is 10.2. The van der Waals surface area contributed by atoms with Crippen molar-refractivity contribution in [3.05, 3.63) is 64.9 Å². The minimum absolute atomic E-state index is 0.709. The number of benzene rings is 2. The van der Waals surface area contributed by atoms with Gasteiger partial charge in [0.15, 0.2) is 0 Å². The van der Waals surface area contributed by atoms with E-state index >= 15 is 0 Å². The van der Waals surface area contributed by atoms with Gasteiger partial charge in [0.05, 0.1) is 5.69 Å². The predicted molar refractivity (Wildman–Crippen MR) is 82.7 cm³/mol. The van der Waals surface area contributed by atoms with Crippen molar-refractivity contribution in [1.29, 1.82) is 0 Å². The number of anilines is 1. The molecule has 0 unspecified atom stereocenters. The molecular weight excluding hydrogens is 286 g/mol. The Morgan fingerprint density at radius 1 is 1.19 bits per heavy atom. The second-order valence-electron chi connectivity index (χ2n) is 4.74. The van der Waals surface area contributed by atoms with E-state index in [9.17, 15) is 0 Å². The highest BCUT2D eigenvalue weighted by molar-refractivity contribution is 6.30. The highest BCUT2D eigenvalue weighted by atomic mass is 35.5. The molecule has 0 aliphatic carbocycles. The Morgan fingerprint density at radius 2 is 2.10 bits per heavy atom. The van der Waals surface area contributed by atoms with Gasteiger partial charge in [-0.1, -0.05) is 29.8 Å². The molecule has 0 fully saturated rings. The van der Waals surface area contributed by atoms with Crippen LogP contribution in [0.5, 0.6) is 0 Å². The molecule has 1 N–H and O–H groups in total. The summed E-state index contributed by atoms with van der Waals surface area (Å²) in [6, 6.07) is 13.9. The van der Waals surface area contributed by atoms with E-state index in [-0.39, 0.29) is 0 Å². The van der Waals surface area contributed by atoms with Gasteiger partial charge in [0.1, 0.15) is 6.33 Å². The molecule has 3 rings (SSSR count). The third-order valence-corrected chi connectivity index (χ3v) is 3.44. The number of aryl methyl sites for hydroxylation is 1. The average Bonchev–Trinajstić information content (AvgIpc) is 3.01. The molecule has 0 aliphatic rings. The van der Waals surface area contributed by atoms with Gasteiger partial charge in [-0.15, -0.1) is 5.10 Å². The summed E-state index contributed by atoms with van der Waals surface area (Å²) in [7, 11) is 0. The first kappa shape index (κ1) is 13.6. The van der Waals surface area contributed by atoms with E-state index in [1.807, 2.05) is 42.5 Å². The Labute approximate surface area is 127 Å². The summed E-state index contributed by atoms with van der Waals surface area (Å²) < 4.78 is 1.63. The van der Waals surface area contributed by atoms with E-state index in [4.69, 9.17) is 11.6 Å². The van der Waals surface area contributed by atoms with Crippen LogP contribution in [0.1, 0.15) is 11.1 Å². The Hall–Kier alpha value is -2.40. The summed E-state index contributed by atoms with van der Waals surface area (Å²) in [5.41, 5.74) is 4.26. The molecule has 0 aliphatic heterocycles. The van der Waals surface area contributed by atoms with Crippen LogP contribution in [0.2, 0.25) is 5.02 Å². The summed E-state index contributed by atoms with van der Waals surface area (Å²) in [5.74, 6) is 0. The van der Waals surface area contributed by atoms with E-state index in [1.54, 1.807) is 11.0 Å². The van der Waals surface area contributed by atoms with Crippen molar-refractivity contribution in [2.75, 3.05) is 5.32 Å². The lowest BCUT2D eigenvalue weighted by Crippen LogP contribution is -2.03. The first-order valence-electron chi connectivity index (χ1n) is 6.55. The molecule has 106 valence electrons. The second kappa shape index (κ2) is 5.93. The van der Waals surface area contributed by atoms with Gasteiger partial charge in [0.25, 0.3) is 0 Å². The molecule has 1 aromatic heterocycles. The third kappa shape index (κ3) is 3.20. The number of aromatic nitrogens is 4. The van der Waals surface area contributed by atoms with E-state index in [2.05, 4.69) is 27.8 Å². The molecule has 1 heterocycles. The molecule has 2 aromatic carbocycles. The van der Waals surface area contributed by atoms with Crippen LogP contribution in [0.4, 0.5) is 5.69 Å². The van der Waals surface area contributed by atoms with Crippen LogP contribution in [0.25, 0.3) is 5.69 Å². The quantitative estimate of drug-likeness (QED) is 0.803. The topological polar surface area (TPSA) is 55.6 Å². The van der Waals surface area contributed by atoms with E-state index in [1.165, 1.54) is 0 Å². The lowest BCUT2D eigenvalue weighted by Gasteiger charge is -2.11. The number of hydrogen-bond donors (Lipinski definition) is 1.